The minimum Gasteiger partial charge on any atom is -0.351 e. The Labute approximate surface area is 109 Å². The molecule has 1 aliphatic rings. The van der Waals surface area contributed by atoms with Crippen LogP contribution in [0.15, 0.2) is 42.1 Å². The van der Waals surface area contributed by atoms with Crippen molar-refractivity contribution in [2.75, 3.05) is 11.9 Å². The predicted molar refractivity (Wildman–Crippen MR) is 75.6 cm³/mol. The van der Waals surface area contributed by atoms with Gasteiger partial charge in [0.15, 0.2) is 5.78 Å². The van der Waals surface area contributed by atoms with Crippen LogP contribution in [0.5, 0.6) is 0 Å². The van der Waals surface area contributed by atoms with Gasteiger partial charge in [0.1, 0.15) is 0 Å². The topological polar surface area (TPSA) is 20.3 Å². The molecule has 0 aromatic heterocycles. The summed E-state index contributed by atoms with van der Waals surface area (Å²) in [5.74, 6) is 0.630. The van der Waals surface area contributed by atoms with Gasteiger partial charge in [-0.05, 0) is 31.4 Å². The molecule has 2 rings (SSSR count). The second-order valence-electron chi connectivity index (χ2n) is 4.99. The van der Waals surface area contributed by atoms with Crippen LogP contribution >= 0.6 is 0 Å². The number of nitrogens with zero attached hydrogens (tertiary/aromatic N) is 1. The average Bonchev–Trinajstić information content (AvgIpc) is 2.73. The highest BCUT2D eigenvalue weighted by molar-refractivity contribution is 5.99. The fourth-order valence-corrected chi connectivity index (χ4v) is 2.57. The van der Waals surface area contributed by atoms with E-state index in [-0.39, 0.29) is 5.92 Å². The van der Waals surface area contributed by atoms with E-state index in [1.807, 2.05) is 36.3 Å². The van der Waals surface area contributed by atoms with Crippen molar-refractivity contribution < 1.29 is 4.79 Å². The predicted octanol–water partition coefficient (Wildman–Crippen LogP) is 3.79. The fraction of sp³-hybridized carbons (Fsp3) is 0.438. The van der Waals surface area contributed by atoms with Gasteiger partial charge in [-0.2, -0.15) is 0 Å². The van der Waals surface area contributed by atoms with Gasteiger partial charge in [0, 0.05) is 30.4 Å². The van der Waals surface area contributed by atoms with Crippen molar-refractivity contribution in [1.82, 2.24) is 0 Å². The number of hydrogen-bond donors (Lipinski definition) is 0. The summed E-state index contributed by atoms with van der Waals surface area (Å²) in [6.45, 7) is 2.14. The largest absolute Gasteiger partial charge is 0.351 e. The van der Waals surface area contributed by atoms with Gasteiger partial charge < -0.3 is 4.90 Å². The van der Waals surface area contributed by atoms with Gasteiger partial charge in [-0.3, -0.25) is 4.79 Å². The molecule has 2 nitrogen and oxygen atoms in total. The van der Waals surface area contributed by atoms with Crippen LogP contribution in [0.4, 0.5) is 5.69 Å². The maximum atomic E-state index is 12.2. The number of ketones is 1. The molecule has 1 aliphatic carbocycles. The van der Waals surface area contributed by atoms with Crippen LogP contribution in [0.2, 0.25) is 0 Å². The molecule has 1 aromatic carbocycles. The highest BCUT2D eigenvalue weighted by Gasteiger charge is 2.28. The van der Waals surface area contributed by atoms with Crippen LogP contribution in [0.25, 0.3) is 0 Å². The van der Waals surface area contributed by atoms with Crippen molar-refractivity contribution in [2.45, 2.75) is 32.6 Å². The Kier molecular flexibility index (Phi) is 4.19. The number of hydrogen-bond acceptors (Lipinski definition) is 2. The van der Waals surface area contributed by atoms with Gasteiger partial charge >= 0.3 is 0 Å². The second-order valence-corrected chi connectivity index (χ2v) is 4.99. The van der Waals surface area contributed by atoms with Crippen LogP contribution in [0, 0.1) is 5.92 Å². The molecule has 0 heterocycles. The number of carbonyl (C=O) groups is 1. The molecule has 96 valence electrons. The summed E-state index contributed by atoms with van der Waals surface area (Å²) in [5.41, 5.74) is 2.11. The highest BCUT2D eigenvalue weighted by Crippen LogP contribution is 2.30. The minimum atomic E-state index is 0.269. The van der Waals surface area contributed by atoms with E-state index in [2.05, 4.69) is 19.1 Å². The van der Waals surface area contributed by atoms with Crippen molar-refractivity contribution in [2.24, 2.45) is 5.92 Å². The van der Waals surface area contributed by atoms with E-state index in [4.69, 9.17) is 0 Å². The quantitative estimate of drug-likeness (QED) is 0.750. The van der Waals surface area contributed by atoms with Crippen LogP contribution in [0.1, 0.15) is 32.6 Å². The number of carbonyl (C=O) groups excluding carboxylic acids is 1. The van der Waals surface area contributed by atoms with Crippen LogP contribution in [0.3, 0.4) is 0 Å². The molecule has 0 saturated heterocycles. The van der Waals surface area contributed by atoms with E-state index < -0.39 is 0 Å². The monoisotopic (exact) mass is 243 g/mol. The zero-order valence-corrected chi connectivity index (χ0v) is 11.2. The molecule has 0 amide bonds. The lowest BCUT2D eigenvalue weighted by Gasteiger charge is -2.15. The molecule has 0 spiro atoms. The van der Waals surface area contributed by atoms with E-state index >= 15 is 0 Å². The number of anilines is 1. The molecular weight excluding hydrogens is 222 g/mol. The van der Waals surface area contributed by atoms with Crippen LogP contribution in [-0.2, 0) is 4.79 Å². The number of allylic oxidation sites excluding steroid dienone is 1. The Balaban J connectivity index is 2.08. The Morgan fingerprint density at radius 1 is 1.33 bits per heavy atom. The summed E-state index contributed by atoms with van der Waals surface area (Å²) in [7, 11) is 2.00. The number of Topliss-reactive ketones (excluding diaryl/α,β-unsaturated/α-hetero) is 1. The molecule has 0 radical (unpaired) electrons. The lowest BCUT2D eigenvalue weighted by Crippen LogP contribution is -2.13. The van der Waals surface area contributed by atoms with Gasteiger partial charge in [0.25, 0.3) is 0 Å². The van der Waals surface area contributed by atoms with E-state index in [9.17, 15) is 4.79 Å². The molecule has 0 N–H and O–H groups in total. The van der Waals surface area contributed by atoms with Gasteiger partial charge in [-0.1, -0.05) is 31.5 Å². The molecule has 1 aromatic rings. The maximum absolute atomic E-state index is 12.2. The first-order valence-electron chi connectivity index (χ1n) is 6.75. The summed E-state index contributed by atoms with van der Waals surface area (Å²) >= 11 is 0. The summed E-state index contributed by atoms with van der Waals surface area (Å²) < 4.78 is 0. The van der Waals surface area contributed by atoms with E-state index in [1.165, 1.54) is 0 Å². The fourth-order valence-electron chi connectivity index (χ4n) is 2.57. The lowest BCUT2D eigenvalue weighted by atomic mass is 10.0. The first-order chi connectivity index (χ1) is 8.72. The maximum Gasteiger partial charge on any atom is 0.163 e. The normalized spacial score (nSPS) is 21.6. The zero-order valence-electron chi connectivity index (χ0n) is 11.2. The minimum absolute atomic E-state index is 0.269. The molecule has 0 bridgehead atoms. The molecule has 1 unspecified atom stereocenters. The molecule has 0 aliphatic heterocycles. The molecule has 18 heavy (non-hydrogen) atoms. The van der Waals surface area contributed by atoms with Crippen LogP contribution < -0.4 is 4.90 Å². The van der Waals surface area contributed by atoms with Gasteiger partial charge in [-0.25, -0.2) is 0 Å². The number of para-hydroxylation sites is 1. The third kappa shape index (κ3) is 2.81. The Bertz CT molecular complexity index is 436. The molecule has 1 atom stereocenters. The van der Waals surface area contributed by atoms with Crippen molar-refractivity contribution in [3.05, 3.63) is 42.1 Å². The van der Waals surface area contributed by atoms with Crippen molar-refractivity contribution in [1.29, 1.82) is 0 Å². The van der Waals surface area contributed by atoms with Crippen molar-refractivity contribution >= 4 is 11.5 Å². The van der Waals surface area contributed by atoms with E-state index in [0.717, 1.165) is 36.9 Å². The van der Waals surface area contributed by atoms with Crippen molar-refractivity contribution in [3.8, 4) is 0 Å². The second kappa shape index (κ2) is 5.85. The number of benzene rings is 1. The van der Waals surface area contributed by atoms with Crippen molar-refractivity contribution in [3.63, 3.8) is 0 Å². The summed E-state index contributed by atoms with van der Waals surface area (Å²) in [4.78, 5) is 14.2. The summed E-state index contributed by atoms with van der Waals surface area (Å²) in [6, 6.07) is 10.1. The van der Waals surface area contributed by atoms with E-state index in [1.54, 1.807) is 0 Å². The molecule has 1 fully saturated rings. The Morgan fingerprint density at radius 2 is 2.06 bits per heavy atom. The molecule has 1 saturated carbocycles. The Morgan fingerprint density at radius 3 is 2.72 bits per heavy atom. The van der Waals surface area contributed by atoms with Gasteiger partial charge in [0.05, 0.1) is 0 Å². The SMILES string of the molecule is CCCC1CCC(=CN(C)c2ccccc2)C1=O. The first-order valence-corrected chi connectivity index (χ1v) is 6.75. The third-order valence-electron chi connectivity index (χ3n) is 3.60. The Hall–Kier alpha value is -1.57. The van der Waals surface area contributed by atoms with Gasteiger partial charge in [0.2, 0.25) is 0 Å². The standard InChI is InChI=1S/C16H21NO/c1-3-7-13-10-11-14(16(13)18)12-17(2)15-8-5-4-6-9-15/h4-6,8-9,12-13H,3,7,10-11H2,1-2H3. The lowest BCUT2D eigenvalue weighted by molar-refractivity contribution is -0.118. The summed E-state index contributed by atoms with van der Waals surface area (Å²) in [5, 5.41) is 0. The van der Waals surface area contributed by atoms with E-state index in [0.29, 0.717) is 5.78 Å². The molecule has 2 heteroatoms. The first kappa shape index (κ1) is 12.9. The third-order valence-corrected chi connectivity index (χ3v) is 3.60. The smallest absolute Gasteiger partial charge is 0.163 e. The zero-order chi connectivity index (χ0) is 13.0. The molecular formula is C16H21NO. The van der Waals surface area contributed by atoms with Crippen LogP contribution in [-0.4, -0.2) is 12.8 Å². The summed E-state index contributed by atoms with van der Waals surface area (Å²) in [6.07, 6.45) is 6.10. The number of rotatable bonds is 4. The average molecular weight is 243 g/mol. The van der Waals surface area contributed by atoms with Gasteiger partial charge in [-0.15, -0.1) is 0 Å². The highest BCUT2D eigenvalue weighted by atomic mass is 16.1.